The molecule has 5 nitrogen and oxygen atoms in total. The number of anilines is 1. The molecular weight excluding hydrogens is 317 g/mol. The van der Waals surface area contributed by atoms with E-state index in [0.29, 0.717) is 22.9 Å². The summed E-state index contributed by atoms with van der Waals surface area (Å²) in [5.41, 5.74) is 10.3. The normalized spacial score (nSPS) is 11.6. The predicted octanol–water partition coefficient (Wildman–Crippen LogP) is 4.22. The van der Waals surface area contributed by atoms with Gasteiger partial charge in [-0.3, -0.25) is 0 Å². The lowest BCUT2D eigenvalue weighted by molar-refractivity contribution is 0.619. The molecule has 0 spiro atoms. The van der Waals surface area contributed by atoms with Crippen LogP contribution < -0.4 is 5.73 Å². The number of nitrogens with zero attached hydrogens (tertiary/aromatic N) is 2. The second kappa shape index (κ2) is 6.68. The zero-order valence-corrected chi connectivity index (χ0v) is 14.0. The van der Waals surface area contributed by atoms with Crippen molar-refractivity contribution in [1.82, 2.24) is 15.0 Å². The average molecular weight is 335 g/mol. The first-order valence-electron chi connectivity index (χ1n) is 7.75. The minimum Gasteiger partial charge on any atom is -0.384 e. The van der Waals surface area contributed by atoms with Gasteiger partial charge in [-0.2, -0.15) is 0 Å². The number of rotatable bonds is 4. The molecule has 0 aliphatic heterocycles. The number of allylic oxidation sites excluding steroid dienone is 2. The van der Waals surface area contributed by atoms with Crippen LogP contribution >= 0.6 is 0 Å². The van der Waals surface area contributed by atoms with E-state index in [9.17, 15) is 4.39 Å². The summed E-state index contributed by atoms with van der Waals surface area (Å²) in [6.07, 6.45) is 4.50. The van der Waals surface area contributed by atoms with Crippen LogP contribution in [0.4, 0.5) is 10.2 Å². The number of benzene rings is 1. The number of nitrogen functional groups attached to an aromatic ring is 1. The van der Waals surface area contributed by atoms with Gasteiger partial charge in [0, 0.05) is 23.5 Å². The molecule has 2 aromatic heterocycles. The number of hydrogen-bond acceptors (Lipinski definition) is 4. The van der Waals surface area contributed by atoms with Crippen LogP contribution in [0.25, 0.3) is 28.1 Å². The van der Waals surface area contributed by atoms with Crippen molar-refractivity contribution in [1.29, 1.82) is 5.41 Å². The van der Waals surface area contributed by atoms with Crippen molar-refractivity contribution >= 4 is 17.6 Å². The quantitative estimate of drug-likeness (QED) is 0.623. The number of H-pyrrole nitrogens is 1. The Kier molecular flexibility index (Phi) is 4.43. The van der Waals surface area contributed by atoms with Gasteiger partial charge in [0.15, 0.2) is 0 Å². The van der Waals surface area contributed by atoms with E-state index in [1.165, 1.54) is 12.3 Å². The Morgan fingerprint density at radius 1 is 1.24 bits per heavy atom. The molecule has 0 saturated carbocycles. The van der Waals surface area contributed by atoms with Crippen molar-refractivity contribution in [2.75, 3.05) is 5.73 Å². The zero-order valence-electron chi connectivity index (χ0n) is 14.0. The fourth-order valence-corrected chi connectivity index (χ4v) is 2.58. The molecule has 4 N–H and O–H groups in total. The molecule has 0 aliphatic rings. The molecule has 0 saturated heterocycles. The van der Waals surface area contributed by atoms with Gasteiger partial charge < -0.3 is 16.1 Å². The van der Waals surface area contributed by atoms with Gasteiger partial charge in [-0.1, -0.05) is 0 Å². The van der Waals surface area contributed by atoms with Crippen LogP contribution in [0.15, 0.2) is 42.6 Å². The van der Waals surface area contributed by atoms with Crippen molar-refractivity contribution in [2.24, 2.45) is 0 Å². The van der Waals surface area contributed by atoms with Crippen LogP contribution in [0.2, 0.25) is 0 Å². The topological polar surface area (TPSA) is 91.4 Å². The molecule has 1 aromatic carbocycles. The molecule has 126 valence electrons. The van der Waals surface area contributed by atoms with Crippen LogP contribution in [0, 0.1) is 18.2 Å². The van der Waals surface area contributed by atoms with Crippen molar-refractivity contribution in [3.63, 3.8) is 0 Å². The number of pyridine rings is 1. The van der Waals surface area contributed by atoms with Gasteiger partial charge in [0.25, 0.3) is 0 Å². The third-order valence-electron chi connectivity index (χ3n) is 3.91. The SMILES string of the molecule is C/C(=C/C=N)c1nc(-c2ccc(F)c(C)c2)c(-c2ccnc(N)c2)[nH]1. The number of nitrogens with two attached hydrogens (primary N) is 1. The Morgan fingerprint density at radius 3 is 2.72 bits per heavy atom. The maximum atomic E-state index is 13.6. The van der Waals surface area contributed by atoms with Gasteiger partial charge in [-0.25, -0.2) is 14.4 Å². The third-order valence-corrected chi connectivity index (χ3v) is 3.91. The zero-order chi connectivity index (χ0) is 18.0. The van der Waals surface area contributed by atoms with Gasteiger partial charge in [0.2, 0.25) is 0 Å². The van der Waals surface area contributed by atoms with Crippen LogP contribution in [0.1, 0.15) is 18.3 Å². The average Bonchev–Trinajstić information content (AvgIpc) is 3.03. The molecule has 3 rings (SSSR count). The van der Waals surface area contributed by atoms with Gasteiger partial charge in [-0.05, 0) is 61.4 Å². The summed E-state index contributed by atoms with van der Waals surface area (Å²) in [4.78, 5) is 12.0. The lowest BCUT2D eigenvalue weighted by Gasteiger charge is -2.05. The van der Waals surface area contributed by atoms with E-state index in [1.54, 1.807) is 37.4 Å². The molecule has 3 aromatic rings. The summed E-state index contributed by atoms with van der Waals surface area (Å²) in [6, 6.07) is 8.49. The largest absolute Gasteiger partial charge is 0.384 e. The molecule has 0 radical (unpaired) electrons. The summed E-state index contributed by atoms with van der Waals surface area (Å²) in [5, 5.41) is 7.24. The number of nitrogens with one attached hydrogen (secondary N) is 2. The van der Waals surface area contributed by atoms with Crippen LogP contribution in [-0.4, -0.2) is 21.2 Å². The molecule has 0 fully saturated rings. The minimum atomic E-state index is -0.255. The van der Waals surface area contributed by atoms with Gasteiger partial charge in [0.1, 0.15) is 17.5 Å². The summed E-state index contributed by atoms with van der Waals surface area (Å²) in [7, 11) is 0. The maximum absolute atomic E-state index is 13.6. The monoisotopic (exact) mass is 335 g/mol. The van der Waals surface area contributed by atoms with Crippen molar-refractivity contribution < 1.29 is 4.39 Å². The number of aromatic amines is 1. The van der Waals surface area contributed by atoms with Crippen LogP contribution in [0.3, 0.4) is 0 Å². The van der Waals surface area contributed by atoms with Gasteiger partial charge >= 0.3 is 0 Å². The first kappa shape index (κ1) is 16.6. The number of imidazole rings is 1. The van der Waals surface area contributed by atoms with E-state index < -0.39 is 0 Å². The van der Waals surface area contributed by atoms with Crippen molar-refractivity contribution in [3.8, 4) is 22.5 Å². The highest BCUT2D eigenvalue weighted by Crippen LogP contribution is 2.32. The summed E-state index contributed by atoms with van der Waals surface area (Å²) in [6.45, 7) is 3.59. The summed E-state index contributed by atoms with van der Waals surface area (Å²) in [5.74, 6) is 0.793. The van der Waals surface area contributed by atoms with Crippen molar-refractivity contribution in [2.45, 2.75) is 13.8 Å². The third kappa shape index (κ3) is 3.33. The Labute approximate surface area is 145 Å². The smallest absolute Gasteiger partial charge is 0.134 e. The highest BCUT2D eigenvalue weighted by atomic mass is 19.1. The first-order valence-corrected chi connectivity index (χ1v) is 7.75. The van der Waals surface area contributed by atoms with Gasteiger partial charge in [-0.15, -0.1) is 0 Å². The Morgan fingerprint density at radius 2 is 2.04 bits per heavy atom. The van der Waals surface area contributed by atoms with Gasteiger partial charge in [0.05, 0.1) is 11.4 Å². The second-order valence-corrected chi connectivity index (χ2v) is 5.76. The van der Waals surface area contributed by atoms with E-state index in [4.69, 9.17) is 11.1 Å². The summed E-state index contributed by atoms with van der Waals surface area (Å²) >= 11 is 0. The highest BCUT2D eigenvalue weighted by Gasteiger charge is 2.16. The lowest BCUT2D eigenvalue weighted by atomic mass is 10.0. The highest BCUT2D eigenvalue weighted by molar-refractivity contribution is 5.84. The maximum Gasteiger partial charge on any atom is 0.134 e. The van der Waals surface area contributed by atoms with Crippen LogP contribution in [-0.2, 0) is 0 Å². The first-order chi connectivity index (χ1) is 12.0. The van der Waals surface area contributed by atoms with E-state index in [2.05, 4.69) is 15.0 Å². The number of aryl methyl sites for hydroxylation is 1. The molecule has 2 heterocycles. The standard InChI is InChI=1S/C19H18FN5/c1-11(5-7-21)19-24-17(13-3-4-15(20)12(2)9-13)18(25-19)14-6-8-23-16(22)10-14/h3-10,21H,1-2H3,(H2,22,23)(H,24,25)/b11-5-,21-7?. The Hall–Kier alpha value is -3.28. The minimum absolute atomic E-state index is 0.255. The molecule has 0 atom stereocenters. The van der Waals surface area contributed by atoms with Crippen molar-refractivity contribution in [3.05, 3.63) is 59.8 Å². The number of aromatic nitrogens is 3. The van der Waals surface area contributed by atoms with E-state index in [0.717, 1.165) is 22.4 Å². The molecule has 0 aliphatic carbocycles. The predicted molar refractivity (Wildman–Crippen MR) is 98.8 cm³/mol. The molecule has 0 amide bonds. The molecule has 0 bridgehead atoms. The van der Waals surface area contributed by atoms with E-state index in [1.807, 2.05) is 13.0 Å². The molecule has 25 heavy (non-hydrogen) atoms. The molecule has 0 unspecified atom stereocenters. The lowest BCUT2D eigenvalue weighted by Crippen LogP contribution is -1.91. The fraction of sp³-hybridized carbons (Fsp3) is 0.105. The number of hydrogen-bond donors (Lipinski definition) is 3. The number of halogens is 1. The van der Waals surface area contributed by atoms with E-state index in [-0.39, 0.29) is 5.82 Å². The fourth-order valence-electron chi connectivity index (χ4n) is 2.58. The Balaban J connectivity index is 2.23. The Bertz CT molecular complexity index is 972. The molecule has 6 heteroatoms. The molecular formula is C19H18FN5. The summed E-state index contributed by atoms with van der Waals surface area (Å²) < 4.78 is 13.6. The van der Waals surface area contributed by atoms with E-state index >= 15 is 0 Å². The second-order valence-electron chi connectivity index (χ2n) is 5.76. The van der Waals surface area contributed by atoms with Crippen LogP contribution in [0.5, 0.6) is 0 Å².